The molecule has 126 valence electrons. The van der Waals surface area contributed by atoms with Crippen LogP contribution in [0.1, 0.15) is 36.2 Å². The molecule has 1 aromatic carbocycles. The van der Waals surface area contributed by atoms with Gasteiger partial charge in [0.2, 0.25) is 0 Å². The molecule has 4 heteroatoms. The molecule has 3 rings (SSSR count). The summed E-state index contributed by atoms with van der Waals surface area (Å²) in [4.78, 5) is 7.53. The highest BCUT2D eigenvalue weighted by molar-refractivity contribution is 5.78. The second-order valence-electron chi connectivity index (χ2n) is 6.86. The van der Waals surface area contributed by atoms with E-state index in [0.29, 0.717) is 0 Å². The number of likely N-dealkylation sites (tertiary alicyclic amines) is 1. The van der Waals surface area contributed by atoms with Gasteiger partial charge in [0, 0.05) is 26.1 Å². The molecule has 4 nitrogen and oxygen atoms in total. The summed E-state index contributed by atoms with van der Waals surface area (Å²) in [7, 11) is 2.01. The van der Waals surface area contributed by atoms with Crippen LogP contribution in [0.3, 0.4) is 0 Å². The largest absolute Gasteiger partial charge is 0.327 e. The molecular formula is C19H30N4. The van der Waals surface area contributed by atoms with E-state index in [0.717, 1.165) is 31.6 Å². The Bertz CT molecular complexity index is 653. The number of rotatable bonds is 6. The third-order valence-electron chi connectivity index (χ3n) is 5.13. The second kappa shape index (κ2) is 7.45. The first-order valence-corrected chi connectivity index (χ1v) is 9.02. The van der Waals surface area contributed by atoms with Crippen molar-refractivity contribution in [3.05, 3.63) is 29.1 Å². The average molecular weight is 314 g/mol. The van der Waals surface area contributed by atoms with Crippen molar-refractivity contribution in [1.29, 1.82) is 0 Å². The highest BCUT2D eigenvalue weighted by Crippen LogP contribution is 2.21. The number of hydrogen-bond donors (Lipinski definition) is 1. The molecule has 0 radical (unpaired) electrons. The highest BCUT2D eigenvalue weighted by atomic mass is 15.2. The first kappa shape index (κ1) is 16.5. The highest BCUT2D eigenvalue weighted by Gasteiger charge is 2.14. The lowest BCUT2D eigenvalue weighted by Crippen LogP contribution is -2.33. The molecule has 2 heterocycles. The normalized spacial score (nSPS) is 16.3. The van der Waals surface area contributed by atoms with Gasteiger partial charge in [-0.05, 0) is 70.1 Å². The summed E-state index contributed by atoms with van der Waals surface area (Å²) in [6.45, 7) is 10.1. The Kier molecular flexibility index (Phi) is 5.34. The molecule has 0 bridgehead atoms. The lowest BCUT2D eigenvalue weighted by atomic mass is 10.1. The van der Waals surface area contributed by atoms with Gasteiger partial charge in [0.25, 0.3) is 0 Å². The molecule has 1 N–H and O–H groups in total. The molecular weight excluding hydrogens is 284 g/mol. The van der Waals surface area contributed by atoms with Crippen LogP contribution in [0.15, 0.2) is 12.1 Å². The Hall–Kier alpha value is -1.39. The van der Waals surface area contributed by atoms with Crippen LogP contribution in [0, 0.1) is 13.8 Å². The fourth-order valence-electron chi connectivity index (χ4n) is 3.53. The van der Waals surface area contributed by atoms with Gasteiger partial charge < -0.3 is 14.8 Å². The number of likely N-dealkylation sites (N-methyl/N-ethyl adjacent to an activating group) is 1. The maximum Gasteiger partial charge on any atom is 0.111 e. The molecule has 23 heavy (non-hydrogen) atoms. The lowest BCUT2D eigenvalue weighted by Gasteiger charge is -2.26. The molecule has 0 aliphatic carbocycles. The van der Waals surface area contributed by atoms with Gasteiger partial charge in [-0.15, -0.1) is 0 Å². The van der Waals surface area contributed by atoms with Crippen molar-refractivity contribution in [2.24, 2.45) is 0 Å². The fraction of sp³-hybridized carbons (Fsp3) is 0.632. The summed E-state index contributed by atoms with van der Waals surface area (Å²) in [5.41, 5.74) is 5.14. The summed E-state index contributed by atoms with van der Waals surface area (Å²) in [5.74, 6) is 1.22. The smallest absolute Gasteiger partial charge is 0.111 e. The van der Waals surface area contributed by atoms with E-state index >= 15 is 0 Å². The molecule has 0 unspecified atom stereocenters. The molecule has 1 aromatic heterocycles. The van der Waals surface area contributed by atoms with Crippen molar-refractivity contribution >= 4 is 11.0 Å². The van der Waals surface area contributed by atoms with E-state index in [-0.39, 0.29) is 0 Å². The van der Waals surface area contributed by atoms with Gasteiger partial charge in [-0.25, -0.2) is 4.98 Å². The maximum atomic E-state index is 4.92. The van der Waals surface area contributed by atoms with Crippen LogP contribution in [0.5, 0.6) is 0 Å². The number of nitrogens with zero attached hydrogens (tertiary/aromatic N) is 3. The quantitative estimate of drug-likeness (QED) is 0.890. The van der Waals surface area contributed by atoms with Crippen LogP contribution in [-0.4, -0.2) is 47.7 Å². The SMILES string of the molecule is CNCCc1nc2cc(C)c(C)cc2n1CCN1CCCCC1. The maximum absolute atomic E-state index is 4.92. The van der Waals surface area contributed by atoms with Gasteiger partial charge in [-0.3, -0.25) is 0 Å². The van der Waals surface area contributed by atoms with E-state index in [4.69, 9.17) is 4.98 Å². The predicted octanol–water partition coefficient (Wildman–Crippen LogP) is 2.90. The Balaban J connectivity index is 1.86. The summed E-state index contributed by atoms with van der Waals surface area (Å²) in [6, 6.07) is 4.56. The summed E-state index contributed by atoms with van der Waals surface area (Å²) in [6.07, 6.45) is 5.10. The second-order valence-corrected chi connectivity index (χ2v) is 6.86. The van der Waals surface area contributed by atoms with Crippen LogP contribution < -0.4 is 5.32 Å². The zero-order valence-corrected chi connectivity index (χ0v) is 14.9. The van der Waals surface area contributed by atoms with E-state index in [1.54, 1.807) is 0 Å². The minimum Gasteiger partial charge on any atom is -0.327 e. The van der Waals surface area contributed by atoms with Crippen LogP contribution >= 0.6 is 0 Å². The predicted molar refractivity (Wildman–Crippen MR) is 97.1 cm³/mol. The zero-order chi connectivity index (χ0) is 16.2. The number of piperidine rings is 1. The number of nitrogens with one attached hydrogen (secondary N) is 1. The number of hydrogen-bond acceptors (Lipinski definition) is 3. The Morgan fingerprint density at radius 1 is 1.04 bits per heavy atom. The van der Waals surface area contributed by atoms with E-state index < -0.39 is 0 Å². The third-order valence-corrected chi connectivity index (χ3v) is 5.13. The Labute approximate surface area is 139 Å². The standard InChI is InChI=1S/C19H30N4/c1-15-13-17-18(14-16(15)2)23(19(21-17)7-8-20-3)12-11-22-9-5-4-6-10-22/h13-14,20H,4-12H2,1-3H3. The van der Waals surface area contributed by atoms with Gasteiger partial charge in [-0.1, -0.05) is 6.42 Å². The monoisotopic (exact) mass is 314 g/mol. The summed E-state index contributed by atoms with van der Waals surface area (Å²) >= 11 is 0. The van der Waals surface area contributed by atoms with Crippen molar-refractivity contribution < 1.29 is 0 Å². The number of aromatic nitrogens is 2. The van der Waals surface area contributed by atoms with Gasteiger partial charge in [0.05, 0.1) is 11.0 Å². The molecule has 0 atom stereocenters. The van der Waals surface area contributed by atoms with Gasteiger partial charge >= 0.3 is 0 Å². The van der Waals surface area contributed by atoms with Crippen LogP contribution in [-0.2, 0) is 13.0 Å². The fourth-order valence-corrected chi connectivity index (χ4v) is 3.53. The van der Waals surface area contributed by atoms with Crippen LogP contribution in [0.4, 0.5) is 0 Å². The van der Waals surface area contributed by atoms with Gasteiger partial charge in [-0.2, -0.15) is 0 Å². The molecule has 0 saturated carbocycles. The lowest BCUT2D eigenvalue weighted by molar-refractivity contribution is 0.221. The molecule has 1 aliphatic rings. The Morgan fingerprint density at radius 2 is 1.78 bits per heavy atom. The minimum absolute atomic E-state index is 0.977. The third kappa shape index (κ3) is 3.75. The van der Waals surface area contributed by atoms with Gasteiger partial charge in [0.15, 0.2) is 0 Å². The van der Waals surface area contributed by atoms with Crippen LogP contribution in [0.25, 0.3) is 11.0 Å². The van der Waals surface area contributed by atoms with E-state index in [1.807, 2.05) is 7.05 Å². The topological polar surface area (TPSA) is 33.1 Å². The summed E-state index contributed by atoms with van der Waals surface area (Å²) in [5, 5.41) is 3.25. The number of aryl methyl sites for hydroxylation is 2. The Morgan fingerprint density at radius 3 is 2.52 bits per heavy atom. The first-order chi connectivity index (χ1) is 11.2. The number of imidazole rings is 1. The molecule has 0 spiro atoms. The van der Waals surface area contributed by atoms with Crippen molar-refractivity contribution in [1.82, 2.24) is 19.8 Å². The molecule has 1 aliphatic heterocycles. The molecule has 0 amide bonds. The first-order valence-electron chi connectivity index (χ1n) is 9.02. The summed E-state index contributed by atoms with van der Waals surface area (Å²) < 4.78 is 2.45. The molecule has 1 fully saturated rings. The number of fused-ring (bicyclic) bond motifs is 1. The zero-order valence-electron chi connectivity index (χ0n) is 14.9. The molecule has 2 aromatic rings. The van der Waals surface area contributed by atoms with Crippen LogP contribution in [0.2, 0.25) is 0 Å². The number of benzene rings is 1. The van der Waals surface area contributed by atoms with Crippen molar-refractivity contribution in [2.45, 2.75) is 46.1 Å². The van der Waals surface area contributed by atoms with E-state index in [1.165, 1.54) is 54.8 Å². The van der Waals surface area contributed by atoms with E-state index in [9.17, 15) is 0 Å². The molecule has 1 saturated heterocycles. The van der Waals surface area contributed by atoms with Gasteiger partial charge in [0.1, 0.15) is 5.82 Å². The minimum atomic E-state index is 0.977. The van der Waals surface area contributed by atoms with E-state index in [2.05, 4.69) is 40.8 Å². The van der Waals surface area contributed by atoms with Crippen molar-refractivity contribution in [3.63, 3.8) is 0 Å². The average Bonchev–Trinajstić information content (AvgIpc) is 2.89. The van der Waals surface area contributed by atoms with Crippen molar-refractivity contribution in [3.8, 4) is 0 Å². The van der Waals surface area contributed by atoms with Crippen molar-refractivity contribution in [2.75, 3.05) is 33.2 Å².